The van der Waals surface area contributed by atoms with Crippen molar-refractivity contribution in [2.24, 2.45) is 0 Å². The molecule has 0 unspecified atom stereocenters. The fraction of sp³-hybridized carbons (Fsp3) is 0.692. The van der Waals surface area contributed by atoms with E-state index >= 15 is 0 Å². The van der Waals surface area contributed by atoms with Gasteiger partial charge in [0.25, 0.3) is 0 Å². The van der Waals surface area contributed by atoms with Crippen LogP contribution in [0.2, 0.25) is 0 Å². The highest BCUT2D eigenvalue weighted by Gasteiger charge is 2.20. The van der Waals surface area contributed by atoms with Gasteiger partial charge < -0.3 is 4.74 Å². The molecule has 0 aliphatic rings. The van der Waals surface area contributed by atoms with Crippen molar-refractivity contribution in [1.82, 2.24) is 9.78 Å². The van der Waals surface area contributed by atoms with Crippen molar-refractivity contribution in [2.75, 3.05) is 6.61 Å². The van der Waals surface area contributed by atoms with Crippen molar-refractivity contribution in [3.63, 3.8) is 0 Å². The molecule has 0 aliphatic heterocycles. The Hall–Kier alpha value is -1.32. The first kappa shape index (κ1) is 15.7. The minimum absolute atomic E-state index is 0.116. The highest BCUT2D eigenvalue weighted by Crippen LogP contribution is 2.16. The Labute approximate surface area is 104 Å². The molecule has 1 rings (SSSR count). The van der Waals surface area contributed by atoms with Crippen molar-refractivity contribution < 1.29 is 9.53 Å². The van der Waals surface area contributed by atoms with E-state index in [1.165, 1.54) is 0 Å². The van der Waals surface area contributed by atoms with Gasteiger partial charge in [0, 0.05) is 6.20 Å². The normalized spacial score (nSPS) is 10.5. The van der Waals surface area contributed by atoms with E-state index in [0.29, 0.717) is 17.9 Å². The molecule has 4 heteroatoms. The zero-order valence-electron chi connectivity index (χ0n) is 12.0. The van der Waals surface area contributed by atoms with Crippen LogP contribution >= 0.6 is 0 Å². The minimum Gasteiger partial charge on any atom is -0.462 e. The van der Waals surface area contributed by atoms with Gasteiger partial charge in [0.15, 0.2) is 0 Å². The number of rotatable bonds is 2. The second kappa shape index (κ2) is 6.42. The molecule has 0 aromatic carbocycles. The highest BCUT2D eigenvalue weighted by atomic mass is 16.5. The molecule has 0 aliphatic carbocycles. The summed E-state index contributed by atoms with van der Waals surface area (Å²) in [7, 11) is 0. The first-order valence-electron chi connectivity index (χ1n) is 6.10. The summed E-state index contributed by atoms with van der Waals surface area (Å²) in [6.45, 7) is 14.1. The quantitative estimate of drug-likeness (QED) is 0.746. The van der Waals surface area contributed by atoms with Crippen LogP contribution in [0.4, 0.5) is 0 Å². The van der Waals surface area contributed by atoms with Crippen LogP contribution in [0.5, 0.6) is 0 Å². The summed E-state index contributed by atoms with van der Waals surface area (Å²) >= 11 is 0. The molecule has 0 bridgehead atoms. The molecule has 1 aromatic rings. The fourth-order valence-corrected chi connectivity index (χ4v) is 1.21. The van der Waals surface area contributed by atoms with E-state index in [-0.39, 0.29) is 11.5 Å². The zero-order valence-corrected chi connectivity index (χ0v) is 12.0. The van der Waals surface area contributed by atoms with Gasteiger partial charge in [0.1, 0.15) is 5.56 Å². The summed E-state index contributed by atoms with van der Waals surface area (Å²) < 4.78 is 6.73. The van der Waals surface area contributed by atoms with Gasteiger partial charge in [-0.1, -0.05) is 13.8 Å². The summed E-state index contributed by atoms with van der Waals surface area (Å²) in [6, 6.07) is 0. The molecule has 0 saturated carbocycles. The Morgan fingerprint density at radius 2 is 1.94 bits per heavy atom. The lowest BCUT2D eigenvalue weighted by atomic mass is 10.1. The summed E-state index contributed by atoms with van der Waals surface area (Å²) in [4.78, 5) is 11.5. The molecule has 1 heterocycles. The summed E-state index contributed by atoms with van der Waals surface area (Å²) in [6.07, 6.45) is 1.74. The predicted molar refractivity (Wildman–Crippen MR) is 69.3 cm³/mol. The summed E-state index contributed by atoms with van der Waals surface area (Å²) in [5.41, 5.74) is 1.14. The van der Waals surface area contributed by atoms with Crippen LogP contribution in [0, 0.1) is 6.92 Å². The maximum absolute atomic E-state index is 11.5. The van der Waals surface area contributed by atoms with Crippen LogP contribution < -0.4 is 0 Å². The number of hydrogen-bond acceptors (Lipinski definition) is 3. The standard InChI is InChI=1S/C11H18N2O2.C2H6/c1-6-15-10(14)9-7-13(11(3,4)5)12-8(9)2;1-2/h7H,6H2,1-5H3;1-2H3. The first-order chi connectivity index (χ1) is 7.86. The molecule has 0 amide bonds. The van der Waals surface area contributed by atoms with Crippen molar-refractivity contribution >= 4 is 5.97 Å². The number of carbonyl (C=O) groups excluding carboxylic acids is 1. The smallest absolute Gasteiger partial charge is 0.341 e. The summed E-state index contributed by atoms with van der Waals surface area (Å²) in [5.74, 6) is -0.300. The highest BCUT2D eigenvalue weighted by molar-refractivity contribution is 5.90. The molecule has 4 nitrogen and oxygen atoms in total. The van der Waals surface area contributed by atoms with Crippen LogP contribution in [-0.2, 0) is 10.3 Å². The van der Waals surface area contributed by atoms with Gasteiger partial charge in [-0.05, 0) is 34.6 Å². The van der Waals surface area contributed by atoms with Crippen LogP contribution in [0.3, 0.4) is 0 Å². The van der Waals surface area contributed by atoms with E-state index in [9.17, 15) is 4.79 Å². The predicted octanol–water partition coefficient (Wildman–Crippen LogP) is 3.15. The third-order valence-electron chi connectivity index (χ3n) is 2.08. The van der Waals surface area contributed by atoms with Crippen LogP contribution in [0.15, 0.2) is 6.20 Å². The number of aryl methyl sites for hydroxylation is 1. The summed E-state index contributed by atoms with van der Waals surface area (Å²) in [5, 5.41) is 4.30. The van der Waals surface area contributed by atoms with E-state index in [1.807, 2.05) is 41.5 Å². The van der Waals surface area contributed by atoms with E-state index in [1.54, 1.807) is 17.8 Å². The largest absolute Gasteiger partial charge is 0.462 e. The lowest BCUT2D eigenvalue weighted by Gasteiger charge is -2.18. The van der Waals surface area contributed by atoms with Crippen LogP contribution in [0.1, 0.15) is 57.6 Å². The maximum Gasteiger partial charge on any atom is 0.341 e. The van der Waals surface area contributed by atoms with Crippen molar-refractivity contribution in [3.05, 3.63) is 17.5 Å². The minimum atomic E-state index is -0.300. The van der Waals surface area contributed by atoms with Crippen LogP contribution in [0.25, 0.3) is 0 Å². The van der Waals surface area contributed by atoms with E-state index in [0.717, 1.165) is 0 Å². The third kappa shape index (κ3) is 4.21. The SMILES string of the molecule is CC.CCOC(=O)c1cn(C(C)(C)C)nc1C. The molecule has 0 radical (unpaired) electrons. The topological polar surface area (TPSA) is 44.1 Å². The van der Waals surface area contributed by atoms with Gasteiger partial charge in [0.2, 0.25) is 0 Å². The number of nitrogens with zero attached hydrogens (tertiary/aromatic N) is 2. The molecular weight excluding hydrogens is 216 g/mol. The van der Waals surface area contributed by atoms with Crippen molar-refractivity contribution in [2.45, 2.75) is 54.0 Å². The van der Waals surface area contributed by atoms with Crippen LogP contribution in [-0.4, -0.2) is 22.4 Å². The van der Waals surface area contributed by atoms with E-state index in [4.69, 9.17) is 4.74 Å². The van der Waals surface area contributed by atoms with Gasteiger partial charge >= 0.3 is 5.97 Å². The molecule has 0 atom stereocenters. The Bertz CT molecular complexity index is 362. The first-order valence-corrected chi connectivity index (χ1v) is 6.10. The van der Waals surface area contributed by atoms with Crippen molar-refractivity contribution in [1.29, 1.82) is 0 Å². The Kier molecular flexibility index (Phi) is 5.93. The Balaban J connectivity index is 0.00000121. The van der Waals surface area contributed by atoms with Gasteiger partial charge in [-0.25, -0.2) is 4.79 Å². The van der Waals surface area contributed by atoms with E-state index in [2.05, 4.69) is 5.10 Å². The van der Waals surface area contributed by atoms with Gasteiger partial charge in [-0.2, -0.15) is 5.10 Å². The van der Waals surface area contributed by atoms with Gasteiger partial charge in [-0.15, -0.1) is 0 Å². The molecule has 0 saturated heterocycles. The Morgan fingerprint density at radius 3 is 2.29 bits per heavy atom. The number of hydrogen-bond donors (Lipinski definition) is 0. The van der Waals surface area contributed by atoms with E-state index < -0.39 is 0 Å². The molecular formula is C13H24N2O2. The number of aromatic nitrogens is 2. The second-order valence-corrected chi connectivity index (χ2v) is 4.46. The molecule has 0 spiro atoms. The fourth-order valence-electron chi connectivity index (χ4n) is 1.21. The Morgan fingerprint density at radius 1 is 1.41 bits per heavy atom. The van der Waals surface area contributed by atoms with Gasteiger partial charge in [-0.3, -0.25) is 4.68 Å². The maximum atomic E-state index is 11.5. The van der Waals surface area contributed by atoms with Gasteiger partial charge in [0.05, 0.1) is 17.8 Å². The molecule has 0 fully saturated rings. The molecule has 98 valence electrons. The average molecular weight is 240 g/mol. The third-order valence-corrected chi connectivity index (χ3v) is 2.08. The lowest BCUT2D eigenvalue weighted by molar-refractivity contribution is 0.0525. The number of esters is 1. The monoisotopic (exact) mass is 240 g/mol. The zero-order chi connectivity index (χ0) is 13.6. The number of carbonyl (C=O) groups is 1. The molecule has 1 aromatic heterocycles. The lowest BCUT2D eigenvalue weighted by Crippen LogP contribution is -2.22. The second-order valence-electron chi connectivity index (χ2n) is 4.46. The number of ether oxygens (including phenoxy) is 1. The molecule has 0 N–H and O–H groups in total. The average Bonchev–Trinajstić information content (AvgIpc) is 2.63. The van der Waals surface area contributed by atoms with Crippen molar-refractivity contribution in [3.8, 4) is 0 Å². The molecule has 17 heavy (non-hydrogen) atoms.